The van der Waals surface area contributed by atoms with Crippen LogP contribution in [0.2, 0.25) is 0 Å². The first-order valence-electron chi connectivity index (χ1n) is 6.89. The Bertz CT molecular complexity index is 570. The van der Waals surface area contributed by atoms with E-state index in [2.05, 4.69) is 6.92 Å². The number of piperidine rings is 1. The molecule has 1 heterocycles. The standard InChI is InChI=1S/C14H18FN3O3.ClH/c1-9-4-5-17(11(6-9)8-16)14(19)12-3-2-10(18(20)21)7-13(12)15;/h2-3,7,9,11H,4-6,8,16H2,1H3;1H. The van der Waals surface area contributed by atoms with E-state index >= 15 is 0 Å². The number of nitrogens with two attached hydrogens (primary N) is 1. The monoisotopic (exact) mass is 331 g/mol. The summed E-state index contributed by atoms with van der Waals surface area (Å²) >= 11 is 0. The number of likely N-dealkylation sites (tertiary alicyclic amines) is 1. The number of nitrogens with zero attached hydrogens (tertiary/aromatic N) is 2. The molecule has 0 aromatic heterocycles. The summed E-state index contributed by atoms with van der Waals surface area (Å²) < 4.78 is 13.9. The van der Waals surface area contributed by atoms with Crippen LogP contribution in [0, 0.1) is 21.8 Å². The van der Waals surface area contributed by atoms with Crippen molar-refractivity contribution in [1.82, 2.24) is 4.90 Å². The van der Waals surface area contributed by atoms with E-state index in [0.29, 0.717) is 19.0 Å². The van der Waals surface area contributed by atoms with Gasteiger partial charge in [-0.15, -0.1) is 12.4 Å². The quantitative estimate of drug-likeness (QED) is 0.680. The lowest BCUT2D eigenvalue weighted by Crippen LogP contribution is -2.49. The summed E-state index contributed by atoms with van der Waals surface area (Å²) in [4.78, 5) is 23.9. The van der Waals surface area contributed by atoms with E-state index in [1.807, 2.05) is 0 Å². The van der Waals surface area contributed by atoms with Gasteiger partial charge in [0, 0.05) is 25.2 Å². The summed E-state index contributed by atoms with van der Waals surface area (Å²) in [7, 11) is 0. The Hall–Kier alpha value is -1.73. The number of rotatable bonds is 3. The topological polar surface area (TPSA) is 89.5 Å². The van der Waals surface area contributed by atoms with E-state index < -0.39 is 16.6 Å². The van der Waals surface area contributed by atoms with Crippen molar-refractivity contribution in [3.63, 3.8) is 0 Å². The van der Waals surface area contributed by atoms with Gasteiger partial charge in [0.2, 0.25) is 0 Å². The Labute approximate surface area is 134 Å². The molecule has 122 valence electrons. The van der Waals surface area contributed by atoms with Crippen molar-refractivity contribution in [3.8, 4) is 0 Å². The van der Waals surface area contributed by atoms with Gasteiger partial charge in [0.25, 0.3) is 11.6 Å². The fourth-order valence-electron chi connectivity index (χ4n) is 2.69. The van der Waals surface area contributed by atoms with Gasteiger partial charge >= 0.3 is 0 Å². The number of carbonyl (C=O) groups excluding carboxylic acids is 1. The van der Waals surface area contributed by atoms with Gasteiger partial charge < -0.3 is 10.6 Å². The fourth-order valence-corrected chi connectivity index (χ4v) is 2.69. The number of benzene rings is 1. The molecule has 2 atom stereocenters. The number of non-ortho nitro benzene ring substituents is 1. The number of halogens is 2. The van der Waals surface area contributed by atoms with Crippen LogP contribution in [0.1, 0.15) is 30.1 Å². The summed E-state index contributed by atoms with van der Waals surface area (Å²) in [6.07, 6.45) is 1.63. The highest BCUT2D eigenvalue weighted by atomic mass is 35.5. The lowest BCUT2D eigenvalue weighted by atomic mass is 9.92. The summed E-state index contributed by atoms with van der Waals surface area (Å²) in [5.41, 5.74) is 5.18. The van der Waals surface area contributed by atoms with Gasteiger partial charge in [0.1, 0.15) is 5.82 Å². The molecule has 1 fully saturated rings. The smallest absolute Gasteiger partial charge is 0.272 e. The van der Waals surface area contributed by atoms with E-state index in [1.165, 1.54) is 6.07 Å². The van der Waals surface area contributed by atoms with E-state index in [4.69, 9.17) is 5.73 Å². The number of hydrogen-bond donors (Lipinski definition) is 1. The van der Waals surface area contributed by atoms with Gasteiger partial charge in [0.05, 0.1) is 16.6 Å². The van der Waals surface area contributed by atoms with Crippen LogP contribution in [0.15, 0.2) is 18.2 Å². The first-order chi connectivity index (χ1) is 9.93. The van der Waals surface area contributed by atoms with Crippen LogP contribution in [-0.4, -0.2) is 34.9 Å². The summed E-state index contributed by atoms with van der Waals surface area (Å²) in [5, 5.41) is 10.6. The Morgan fingerprint density at radius 3 is 2.77 bits per heavy atom. The normalized spacial score (nSPS) is 21.1. The third-order valence-electron chi connectivity index (χ3n) is 3.90. The molecule has 8 heteroatoms. The number of nitro benzene ring substituents is 1. The van der Waals surface area contributed by atoms with Crippen LogP contribution in [-0.2, 0) is 0 Å². The number of carbonyl (C=O) groups is 1. The van der Waals surface area contributed by atoms with Gasteiger partial charge in [-0.3, -0.25) is 14.9 Å². The predicted octanol–water partition coefficient (Wildman–Crippen LogP) is 2.36. The first-order valence-corrected chi connectivity index (χ1v) is 6.89. The van der Waals surface area contributed by atoms with Crippen LogP contribution in [0.4, 0.5) is 10.1 Å². The van der Waals surface area contributed by atoms with Gasteiger partial charge in [-0.05, 0) is 24.8 Å². The third-order valence-corrected chi connectivity index (χ3v) is 3.90. The molecule has 0 spiro atoms. The van der Waals surface area contributed by atoms with E-state index in [-0.39, 0.29) is 29.7 Å². The third kappa shape index (κ3) is 3.72. The summed E-state index contributed by atoms with van der Waals surface area (Å²) in [6.45, 7) is 2.94. The molecule has 1 saturated heterocycles. The highest BCUT2D eigenvalue weighted by Crippen LogP contribution is 2.25. The van der Waals surface area contributed by atoms with Gasteiger partial charge in [-0.2, -0.15) is 0 Å². The molecule has 2 unspecified atom stereocenters. The molecule has 1 aromatic carbocycles. The average Bonchev–Trinajstić information content (AvgIpc) is 2.46. The molecule has 0 bridgehead atoms. The molecule has 6 nitrogen and oxygen atoms in total. The molecule has 1 amide bonds. The number of hydrogen-bond acceptors (Lipinski definition) is 4. The molecule has 22 heavy (non-hydrogen) atoms. The molecular formula is C14H19ClFN3O3. The number of amides is 1. The van der Waals surface area contributed by atoms with Crippen molar-refractivity contribution < 1.29 is 14.1 Å². The SMILES string of the molecule is CC1CCN(C(=O)c2ccc([N+](=O)[O-])cc2F)C(CN)C1.Cl. The Morgan fingerprint density at radius 1 is 1.55 bits per heavy atom. The zero-order chi connectivity index (χ0) is 15.6. The molecule has 0 saturated carbocycles. The van der Waals surface area contributed by atoms with Gasteiger partial charge in [0.15, 0.2) is 0 Å². The van der Waals surface area contributed by atoms with Crippen LogP contribution < -0.4 is 5.73 Å². The second-order valence-corrected chi connectivity index (χ2v) is 5.44. The van der Waals surface area contributed by atoms with Crippen molar-refractivity contribution in [2.24, 2.45) is 11.7 Å². The number of nitro groups is 1. The lowest BCUT2D eigenvalue weighted by Gasteiger charge is -2.38. The van der Waals surface area contributed by atoms with E-state index in [9.17, 15) is 19.3 Å². The van der Waals surface area contributed by atoms with Crippen molar-refractivity contribution >= 4 is 24.0 Å². The summed E-state index contributed by atoms with van der Waals surface area (Å²) in [5.74, 6) is -0.849. The van der Waals surface area contributed by atoms with Gasteiger partial charge in [-0.1, -0.05) is 6.92 Å². The maximum Gasteiger partial charge on any atom is 0.272 e. The molecule has 2 rings (SSSR count). The highest BCUT2D eigenvalue weighted by Gasteiger charge is 2.31. The minimum Gasteiger partial charge on any atom is -0.334 e. The van der Waals surface area contributed by atoms with Crippen molar-refractivity contribution in [2.45, 2.75) is 25.8 Å². The zero-order valence-corrected chi connectivity index (χ0v) is 13.0. The van der Waals surface area contributed by atoms with Crippen molar-refractivity contribution in [1.29, 1.82) is 0 Å². The average molecular weight is 332 g/mol. The van der Waals surface area contributed by atoms with Crippen LogP contribution in [0.5, 0.6) is 0 Å². The largest absolute Gasteiger partial charge is 0.334 e. The Kier molecular flexibility index (Phi) is 6.25. The zero-order valence-electron chi connectivity index (χ0n) is 12.2. The van der Waals surface area contributed by atoms with Crippen LogP contribution in [0.3, 0.4) is 0 Å². The lowest BCUT2D eigenvalue weighted by molar-refractivity contribution is -0.385. The van der Waals surface area contributed by atoms with E-state index in [1.54, 1.807) is 4.90 Å². The second-order valence-electron chi connectivity index (χ2n) is 5.44. The maximum absolute atomic E-state index is 13.9. The molecule has 2 N–H and O–H groups in total. The fraction of sp³-hybridized carbons (Fsp3) is 0.500. The minimum absolute atomic E-state index is 0. The van der Waals surface area contributed by atoms with Crippen molar-refractivity contribution in [3.05, 3.63) is 39.7 Å². The van der Waals surface area contributed by atoms with Crippen LogP contribution >= 0.6 is 12.4 Å². The van der Waals surface area contributed by atoms with Gasteiger partial charge in [-0.25, -0.2) is 4.39 Å². The van der Waals surface area contributed by atoms with Crippen molar-refractivity contribution in [2.75, 3.05) is 13.1 Å². The molecule has 1 aliphatic heterocycles. The molecule has 0 radical (unpaired) electrons. The Balaban J connectivity index is 0.00000242. The Morgan fingerprint density at radius 2 is 2.23 bits per heavy atom. The predicted molar refractivity (Wildman–Crippen MR) is 82.6 cm³/mol. The maximum atomic E-state index is 13.9. The highest BCUT2D eigenvalue weighted by molar-refractivity contribution is 5.95. The molecule has 1 aromatic rings. The molecule has 0 aliphatic carbocycles. The summed E-state index contributed by atoms with van der Waals surface area (Å²) in [6, 6.07) is 2.97. The second kappa shape index (κ2) is 7.51. The minimum atomic E-state index is -0.872. The van der Waals surface area contributed by atoms with Crippen LogP contribution in [0.25, 0.3) is 0 Å². The molecular weight excluding hydrogens is 313 g/mol. The van der Waals surface area contributed by atoms with E-state index in [0.717, 1.165) is 25.0 Å². The first kappa shape index (κ1) is 18.3. The molecule has 1 aliphatic rings.